The maximum absolute atomic E-state index is 11.4. The molecule has 0 N–H and O–H groups in total. The third kappa shape index (κ3) is 1.89. The highest BCUT2D eigenvalue weighted by Crippen LogP contribution is 2.27. The molecule has 0 radical (unpaired) electrons. The summed E-state index contributed by atoms with van der Waals surface area (Å²) in [6, 6.07) is 0. The molecule has 0 bridgehead atoms. The number of rotatable bonds is 3. The zero-order valence-electron chi connectivity index (χ0n) is 9.14. The number of ether oxygens (including phenoxy) is 1. The fraction of sp³-hybridized carbons (Fsp3) is 0.636. The standard InChI is InChI=1S/C11H16N2O2/c1-3-10-8(6-15-11(10)14)4-9-5-12-7-13(9)2/h5,7-8,10H,3-4,6H2,1-2H3/t8-,10-/m1/s1. The Morgan fingerprint density at radius 3 is 3.07 bits per heavy atom. The molecule has 0 unspecified atom stereocenters. The van der Waals surface area contributed by atoms with Crippen molar-refractivity contribution in [3.63, 3.8) is 0 Å². The molecule has 0 amide bonds. The first-order valence-corrected chi connectivity index (χ1v) is 5.34. The Kier molecular flexibility index (Phi) is 2.75. The minimum Gasteiger partial charge on any atom is -0.465 e. The lowest BCUT2D eigenvalue weighted by Crippen LogP contribution is -2.18. The van der Waals surface area contributed by atoms with E-state index < -0.39 is 0 Å². The molecule has 1 aliphatic rings. The highest BCUT2D eigenvalue weighted by molar-refractivity contribution is 5.74. The van der Waals surface area contributed by atoms with Gasteiger partial charge in [-0.1, -0.05) is 6.92 Å². The van der Waals surface area contributed by atoms with Crippen LogP contribution in [0.15, 0.2) is 12.5 Å². The van der Waals surface area contributed by atoms with E-state index in [1.807, 2.05) is 24.7 Å². The molecule has 0 aromatic carbocycles. The number of carbonyl (C=O) groups is 1. The lowest BCUT2D eigenvalue weighted by molar-refractivity contribution is -0.141. The average molecular weight is 208 g/mol. The average Bonchev–Trinajstić information content (AvgIpc) is 2.76. The number of hydrogen-bond donors (Lipinski definition) is 0. The van der Waals surface area contributed by atoms with Crippen LogP contribution in [0.1, 0.15) is 19.0 Å². The number of nitrogens with zero attached hydrogens (tertiary/aromatic N) is 2. The van der Waals surface area contributed by atoms with E-state index in [4.69, 9.17) is 4.74 Å². The summed E-state index contributed by atoms with van der Waals surface area (Å²) in [4.78, 5) is 15.5. The molecule has 0 aliphatic carbocycles. The van der Waals surface area contributed by atoms with Gasteiger partial charge >= 0.3 is 5.97 Å². The van der Waals surface area contributed by atoms with Crippen molar-refractivity contribution in [1.82, 2.24) is 9.55 Å². The molecule has 0 saturated carbocycles. The van der Waals surface area contributed by atoms with Crippen LogP contribution < -0.4 is 0 Å². The van der Waals surface area contributed by atoms with Crippen molar-refractivity contribution in [2.45, 2.75) is 19.8 Å². The number of carbonyl (C=O) groups excluding carboxylic acids is 1. The third-order valence-electron chi connectivity index (χ3n) is 3.14. The van der Waals surface area contributed by atoms with Gasteiger partial charge in [0.25, 0.3) is 0 Å². The Labute approximate surface area is 89.3 Å². The summed E-state index contributed by atoms with van der Waals surface area (Å²) < 4.78 is 7.08. The normalized spacial score (nSPS) is 25.6. The van der Waals surface area contributed by atoms with Crippen molar-refractivity contribution in [1.29, 1.82) is 0 Å². The van der Waals surface area contributed by atoms with Gasteiger partial charge in [0.1, 0.15) is 0 Å². The Morgan fingerprint density at radius 1 is 1.67 bits per heavy atom. The molecule has 82 valence electrons. The molecule has 2 rings (SSSR count). The van der Waals surface area contributed by atoms with Crippen LogP contribution in [-0.2, 0) is 23.0 Å². The van der Waals surface area contributed by atoms with Crippen molar-refractivity contribution < 1.29 is 9.53 Å². The molecule has 1 aliphatic heterocycles. The van der Waals surface area contributed by atoms with Crippen molar-refractivity contribution >= 4 is 5.97 Å². The summed E-state index contributed by atoms with van der Waals surface area (Å²) in [5.74, 6) is 0.350. The van der Waals surface area contributed by atoms with Gasteiger partial charge in [-0.25, -0.2) is 4.98 Å². The first-order chi connectivity index (χ1) is 7.22. The van der Waals surface area contributed by atoms with Crippen LogP contribution in [0.5, 0.6) is 0 Å². The summed E-state index contributed by atoms with van der Waals surface area (Å²) in [5, 5.41) is 0. The molecular formula is C11H16N2O2. The first kappa shape index (κ1) is 10.2. The predicted molar refractivity (Wildman–Crippen MR) is 55.1 cm³/mol. The van der Waals surface area contributed by atoms with Crippen molar-refractivity contribution in [3.8, 4) is 0 Å². The summed E-state index contributed by atoms with van der Waals surface area (Å²) in [6.07, 6.45) is 5.38. The van der Waals surface area contributed by atoms with Crippen molar-refractivity contribution in [2.75, 3.05) is 6.61 Å². The predicted octanol–water partition coefficient (Wildman–Crippen LogP) is 1.16. The molecule has 0 spiro atoms. The molecule has 4 nitrogen and oxygen atoms in total. The van der Waals surface area contributed by atoms with Crippen LogP contribution in [0.25, 0.3) is 0 Å². The van der Waals surface area contributed by atoms with Gasteiger partial charge in [0, 0.05) is 24.9 Å². The highest BCUT2D eigenvalue weighted by atomic mass is 16.5. The summed E-state index contributed by atoms with van der Waals surface area (Å²) in [5.41, 5.74) is 1.16. The smallest absolute Gasteiger partial charge is 0.309 e. The number of aryl methyl sites for hydroxylation is 1. The molecular weight excluding hydrogens is 192 g/mol. The second-order valence-corrected chi connectivity index (χ2v) is 4.10. The molecule has 1 aromatic rings. The van der Waals surface area contributed by atoms with E-state index in [1.54, 1.807) is 6.33 Å². The number of cyclic esters (lactones) is 1. The van der Waals surface area contributed by atoms with E-state index in [9.17, 15) is 4.79 Å². The van der Waals surface area contributed by atoms with E-state index in [0.717, 1.165) is 18.5 Å². The summed E-state index contributed by atoms with van der Waals surface area (Å²) in [7, 11) is 1.97. The monoisotopic (exact) mass is 208 g/mol. The summed E-state index contributed by atoms with van der Waals surface area (Å²) >= 11 is 0. The van der Waals surface area contributed by atoms with Crippen molar-refractivity contribution in [2.24, 2.45) is 18.9 Å². The molecule has 15 heavy (non-hydrogen) atoms. The summed E-state index contributed by atoms with van der Waals surface area (Å²) in [6.45, 7) is 2.59. The number of hydrogen-bond acceptors (Lipinski definition) is 3. The Hall–Kier alpha value is -1.32. The minimum atomic E-state index is -0.0373. The Morgan fingerprint density at radius 2 is 2.47 bits per heavy atom. The maximum Gasteiger partial charge on any atom is 0.309 e. The zero-order valence-corrected chi connectivity index (χ0v) is 9.14. The van der Waals surface area contributed by atoms with Gasteiger partial charge in [0.15, 0.2) is 0 Å². The van der Waals surface area contributed by atoms with Gasteiger partial charge in [-0.3, -0.25) is 4.79 Å². The number of esters is 1. The van der Waals surface area contributed by atoms with Crippen molar-refractivity contribution in [3.05, 3.63) is 18.2 Å². The lowest BCUT2D eigenvalue weighted by atomic mass is 9.89. The Bertz CT molecular complexity index is 359. The molecule has 1 aromatic heterocycles. The van der Waals surface area contributed by atoms with E-state index in [0.29, 0.717) is 12.5 Å². The Balaban J connectivity index is 2.06. The number of aromatic nitrogens is 2. The van der Waals surface area contributed by atoms with Gasteiger partial charge in [-0.15, -0.1) is 0 Å². The van der Waals surface area contributed by atoms with Gasteiger partial charge in [-0.2, -0.15) is 0 Å². The lowest BCUT2D eigenvalue weighted by Gasteiger charge is -2.12. The molecule has 1 fully saturated rings. The van der Waals surface area contributed by atoms with Crippen LogP contribution in [0.2, 0.25) is 0 Å². The second kappa shape index (κ2) is 4.04. The molecule has 4 heteroatoms. The fourth-order valence-corrected chi connectivity index (χ4v) is 2.16. The van der Waals surface area contributed by atoms with Crippen LogP contribution in [0, 0.1) is 11.8 Å². The van der Waals surface area contributed by atoms with Gasteiger partial charge in [0.2, 0.25) is 0 Å². The van der Waals surface area contributed by atoms with Crippen LogP contribution >= 0.6 is 0 Å². The highest BCUT2D eigenvalue weighted by Gasteiger charge is 2.35. The topological polar surface area (TPSA) is 44.1 Å². The van der Waals surface area contributed by atoms with Gasteiger partial charge in [-0.05, 0) is 12.8 Å². The van der Waals surface area contributed by atoms with E-state index in [1.165, 1.54) is 0 Å². The molecule has 2 atom stereocenters. The van der Waals surface area contributed by atoms with Crippen LogP contribution in [-0.4, -0.2) is 22.1 Å². The quantitative estimate of drug-likeness (QED) is 0.700. The van der Waals surface area contributed by atoms with Gasteiger partial charge in [0.05, 0.1) is 18.9 Å². The largest absolute Gasteiger partial charge is 0.465 e. The first-order valence-electron chi connectivity index (χ1n) is 5.34. The van der Waals surface area contributed by atoms with Gasteiger partial charge < -0.3 is 9.30 Å². The fourth-order valence-electron chi connectivity index (χ4n) is 2.16. The third-order valence-corrected chi connectivity index (χ3v) is 3.14. The molecule has 2 heterocycles. The molecule has 1 saturated heterocycles. The zero-order chi connectivity index (χ0) is 10.8. The minimum absolute atomic E-state index is 0.0373. The second-order valence-electron chi connectivity index (χ2n) is 4.10. The number of imidazole rings is 1. The maximum atomic E-state index is 11.4. The van der Waals surface area contributed by atoms with Crippen LogP contribution in [0.4, 0.5) is 0 Å². The SMILES string of the molecule is CC[C@H]1C(=O)OC[C@H]1Cc1cncn1C. The van der Waals surface area contributed by atoms with E-state index in [2.05, 4.69) is 4.98 Å². The van der Waals surface area contributed by atoms with Crippen LogP contribution in [0.3, 0.4) is 0 Å². The van der Waals surface area contributed by atoms with E-state index >= 15 is 0 Å². The van der Waals surface area contributed by atoms with E-state index in [-0.39, 0.29) is 11.9 Å².